The molecule has 0 saturated heterocycles. The third-order valence-electron chi connectivity index (χ3n) is 4.93. The van der Waals surface area contributed by atoms with Gasteiger partial charge in [0, 0.05) is 12.0 Å². The highest BCUT2D eigenvalue weighted by molar-refractivity contribution is 6.31. The molecule has 4 rings (SSSR count). The van der Waals surface area contributed by atoms with E-state index in [-0.39, 0.29) is 40.8 Å². The molecule has 3 aromatic rings. The largest absolute Gasteiger partial charge is 0.480 e. The third-order valence-corrected chi connectivity index (χ3v) is 5.19. The fraction of sp³-hybridized carbons (Fsp3) is 0.250. The second kappa shape index (κ2) is 7.36. The Morgan fingerprint density at radius 3 is 2.79 bits per heavy atom. The Hall–Kier alpha value is -3.13. The number of nitrogens with zero attached hydrogens (tertiary/aromatic N) is 4. The molecule has 0 fully saturated rings. The molecule has 2 aromatic heterocycles. The molecular weight excluding hydrogens is 397 g/mol. The maximum absolute atomic E-state index is 14.1. The van der Waals surface area contributed by atoms with Crippen LogP contribution in [0.2, 0.25) is 5.02 Å². The number of ketones is 1. The molecule has 1 unspecified atom stereocenters. The second-order valence-electron chi connectivity index (χ2n) is 6.80. The monoisotopic (exact) mass is 413 g/mol. The highest BCUT2D eigenvalue weighted by Gasteiger charge is 2.31. The molecule has 0 amide bonds. The van der Waals surface area contributed by atoms with E-state index in [2.05, 4.69) is 19.9 Å². The van der Waals surface area contributed by atoms with Crippen molar-refractivity contribution in [1.29, 1.82) is 0 Å². The van der Waals surface area contributed by atoms with E-state index in [0.29, 0.717) is 28.9 Å². The molecule has 1 aromatic carbocycles. The number of anilines is 1. The molecule has 9 heteroatoms. The van der Waals surface area contributed by atoms with Crippen LogP contribution < -0.4 is 10.5 Å². The van der Waals surface area contributed by atoms with E-state index in [0.717, 1.165) is 5.56 Å². The van der Waals surface area contributed by atoms with Gasteiger partial charge in [-0.15, -0.1) is 0 Å². The zero-order chi connectivity index (χ0) is 20.7. The van der Waals surface area contributed by atoms with Gasteiger partial charge in [-0.05, 0) is 37.0 Å². The maximum atomic E-state index is 14.1. The van der Waals surface area contributed by atoms with Gasteiger partial charge in [-0.2, -0.15) is 4.98 Å². The number of Topliss-reactive ketones (excluding diaryl/α,β-unsaturated/α-hetero) is 1. The van der Waals surface area contributed by atoms with Gasteiger partial charge in [-0.3, -0.25) is 4.79 Å². The van der Waals surface area contributed by atoms with Crippen molar-refractivity contribution in [3.05, 3.63) is 57.8 Å². The third kappa shape index (κ3) is 3.51. The number of carbonyl (C=O) groups excluding carboxylic acids is 1. The summed E-state index contributed by atoms with van der Waals surface area (Å²) in [5.74, 6) is -0.167. The number of methoxy groups -OCH3 is 1. The van der Waals surface area contributed by atoms with Crippen LogP contribution in [0.4, 0.5) is 10.3 Å². The van der Waals surface area contributed by atoms with Crippen molar-refractivity contribution < 1.29 is 13.9 Å². The SMILES string of the molecule is COc1nc(-c2cc(F)ccc2C2CC(=O)c3c(C)nc(N)nc3C2)ncc1Cl. The molecule has 7 nitrogen and oxygen atoms in total. The smallest absolute Gasteiger partial charge is 0.235 e. The molecule has 0 saturated carbocycles. The number of nitrogen functional groups attached to an aromatic ring is 1. The molecule has 148 valence electrons. The zero-order valence-electron chi connectivity index (χ0n) is 15.7. The average molecular weight is 414 g/mol. The van der Waals surface area contributed by atoms with E-state index in [4.69, 9.17) is 22.1 Å². The lowest BCUT2D eigenvalue weighted by molar-refractivity contribution is 0.0962. The number of nitrogens with two attached hydrogens (primary N) is 1. The van der Waals surface area contributed by atoms with Gasteiger partial charge in [0.25, 0.3) is 0 Å². The fourth-order valence-corrected chi connectivity index (χ4v) is 3.89. The summed E-state index contributed by atoms with van der Waals surface area (Å²) in [6.45, 7) is 1.74. The van der Waals surface area contributed by atoms with Gasteiger partial charge in [0.15, 0.2) is 11.6 Å². The summed E-state index contributed by atoms with van der Waals surface area (Å²) in [7, 11) is 1.44. The number of hydrogen-bond donors (Lipinski definition) is 1. The maximum Gasteiger partial charge on any atom is 0.235 e. The van der Waals surface area contributed by atoms with Crippen LogP contribution >= 0.6 is 11.6 Å². The molecule has 1 atom stereocenters. The summed E-state index contributed by atoms with van der Waals surface area (Å²) in [4.78, 5) is 29.7. The summed E-state index contributed by atoms with van der Waals surface area (Å²) in [6, 6.07) is 4.35. The minimum absolute atomic E-state index is 0.0707. The van der Waals surface area contributed by atoms with Crippen LogP contribution in [0.3, 0.4) is 0 Å². The first kappa shape index (κ1) is 19.2. The summed E-state index contributed by atoms with van der Waals surface area (Å²) < 4.78 is 19.2. The van der Waals surface area contributed by atoms with Crippen molar-refractivity contribution in [3.63, 3.8) is 0 Å². The van der Waals surface area contributed by atoms with E-state index >= 15 is 0 Å². The van der Waals surface area contributed by atoms with Crippen LogP contribution in [0.1, 0.15) is 39.6 Å². The van der Waals surface area contributed by atoms with E-state index in [9.17, 15) is 9.18 Å². The molecule has 1 aliphatic rings. The molecule has 1 aliphatic carbocycles. The Bertz CT molecular complexity index is 1140. The van der Waals surface area contributed by atoms with Gasteiger partial charge in [0.1, 0.15) is 10.8 Å². The predicted octanol–water partition coefficient (Wildman–Crippen LogP) is 3.54. The van der Waals surface area contributed by atoms with Crippen LogP contribution in [0.15, 0.2) is 24.4 Å². The number of carbonyl (C=O) groups is 1. The second-order valence-corrected chi connectivity index (χ2v) is 7.21. The lowest BCUT2D eigenvalue weighted by Crippen LogP contribution is -2.23. The first-order chi connectivity index (χ1) is 13.9. The molecule has 2 heterocycles. The van der Waals surface area contributed by atoms with E-state index in [1.807, 2.05) is 0 Å². The van der Waals surface area contributed by atoms with E-state index < -0.39 is 5.82 Å². The number of rotatable bonds is 3. The molecule has 0 bridgehead atoms. The van der Waals surface area contributed by atoms with Crippen LogP contribution in [0, 0.1) is 12.7 Å². The van der Waals surface area contributed by atoms with Gasteiger partial charge in [0.05, 0.1) is 30.3 Å². The number of aryl methyl sites for hydroxylation is 1. The normalized spacial score (nSPS) is 15.9. The van der Waals surface area contributed by atoms with Gasteiger partial charge in [-0.25, -0.2) is 19.3 Å². The lowest BCUT2D eigenvalue weighted by Gasteiger charge is -2.25. The van der Waals surface area contributed by atoms with Crippen molar-refractivity contribution in [2.24, 2.45) is 0 Å². The van der Waals surface area contributed by atoms with Crippen LogP contribution in [-0.2, 0) is 6.42 Å². The summed E-state index contributed by atoms with van der Waals surface area (Å²) in [5.41, 5.74) is 8.67. The first-order valence-corrected chi connectivity index (χ1v) is 9.27. The number of aromatic nitrogens is 4. The van der Waals surface area contributed by atoms with Gasteiger partial charge in [0.2, 0.25) is 11.8 Å². The molecule has 0 spiro atoms. The highest BCUT2D eigenvalue weighted by Crippen LogP contribution is 2.38. The average Bonchev–Trinajstić information content (AvgIpc) is 2.67. The Morgan fingerprint density at radius 1 is 1.24 bits per heavy atom. The van der Waals surface area contributed by atoms with Crippen molar-refractivity contribution >= 4 is 23.3 Å². The van der Waals surface area contributed by atoms with Gasteiger partial charge in [-0.1, -0.05) is 17.7 Å². The number of ether oxygens (including phenoxy) is 1. The van der Waals surface area contributed by atoms with Crippen LogP contribution in [0.25, 0.3) is 11.4 Å². The van der Waals surface area contributed by atoms with Crippen molar-refractivity contribution in [2.75, 3.05) is 12.8 Å². The summed E-state index contributed by atoms with van der Waals surface area (Å²) >= 11 is 6.01. The number of fused-ring (bicyclic) bond motifs is 1. The van der Waals surface area contributed by atoms with Crippen LogP contribution in [0.5, 0.6) is 5.88 Å². The molecule has 2 N–H and O–H groups in total. The topological polar surface area (TPSA) is 104 Å². The summed E-state index contributed by atoms with van der Waals surface area (Å²) in [6.07, 6.45) is 2.11. The van der Waals surface area contributed by atoms with Crippen LogP contribution in [-0.4, -0.2) is 32.8 Å². The summed E-state index contributed by atoms with van der Waals surface area (Å²) in [5, 5.41) is 0.249. The zero-order valence-corrected chi connectivity index (χ0v) is 16.5. The standard InChI is InChI=1S/C20H17ClFN5O2/c1-9-17-15(26-20(23)25-9)5-10(6-16(17)28)12-4-3-11(22)7-13(12)18-24-8-14(21)19(27-18)29-2/h3-4,7-8,10H,5-6H2,1-2H3,(H2,23,25,26). The predicted molar refractivity (Wildman–Crippen MR) is 106 cm³/mol. The first-order valence-electron chi connectivity index (χ1n) is 8.90. The Kier molecular flexibility index (Phi) is 4.87. The number of hydrogen-bond acceptors (Lipinski definition) is 7. The Balaban J connectivity index is 1.82. The van der Waals surface area contributed by atoms with E-state index in [1.54, 1.807) is 13.0 Å². The van der Waals surface area contributed by atoms with E-state index in [1.165, 1.54) is 25.4 Å². The lowest BCUT2D eigenvalue weighted by atomic mass is 9.79. The van der Waals surface area contributed by atoms with Gasteiger partial charge < -0.3 is 10.5 Å². The van der Waals surface area contributed by atoms with Crippen molar-refractivity contribution in [2.45, 2.75) is 25.7 Å². The van der Waals surface area contributed by atoms with Gasteiger partial charge >= 0.3 is 0 Å². The number of halogens is 2. The molecule has 0 aliphatic heterocycles. The highest BCUT2D eigenvalue weighted by atomic mass is 35.5. The Morgan fingerprint density at radius 2 is 2.03 bits per heavy atom. The number of benzene rings is 1. The molecule has 29 heavy (non-hydrogen) atoms. The fourth-order valence-electron chi connectivity index (χ4n) is 3.72. The quantitative estimate of drug-likeness (QED) is 0.700. The minimum atomic E-state index is -0.439. The molecular formula is C20H17ClFN5O2. The molecule has 0 radical (unpaired) electrons. The Labute approximate surface area is 171 Å². The van der Waals surface area contributed by atoms with Crippen molar-refractivity contribution in [1.82, 2.24) is 19.9 Å². The van der Waals surface area contributed by atoms with Crippen molar-refractivity contribution in [3.8, 4) is 17.3 Å². The minimum Gasteiger partial charge on any atom is -0.480 e.